The standard InChI is InChI=1S/C27H36O2S/c1-21(17-18-26-23(3)14-11-19-27(26,5)6)12-10-13-22(2)20-24(4)30(28,29)25-15-8-7-9-16-25/h7-10,12-13,15-18,20,24H,11,14,19H2,1-6H3. The highest BCUT2D eigenvalue weighted by Crippen LogP contribution is 2.40. The normalized spacial score (nSPS) is 19.7. The van der Waals surface area contributed by atoms with Crippen molar-refractivity contribution in [3.05, 3.63) is 89.1 Å². The van der Waals surface area contributed by atoms with Crippen LogP contribution in [-0.4, -0.2) is 13.7 Å². The fourth-order valence-electron chi connectivity index (χ4n) is 3.97. The molecule has 0 saturated carbocycles. The molecular formula is C27H36O2S. The first-order valence-electron chi connectivity index (χ1n) is 10.7. The minimum absolute atomic E-state index is 0.245. The van der Waals surface area contributed by atoms with Gasteiger partial charge in [0.05, 0.1) is 10.1 Å². The third kappa shape index (κ3) is 6.43. The number of allylic oxidation sites excluding steroid dienone is 9. The molecule has 3 heteroatoms. The van der Waals surface area contributed by atoms with Crippen LogP contribution in [0.4, 0.5) is 0 Å². The Kier molecular flexibility index (Phi) is 8.25. The molecule has 0 aromatic heterocycles. The average Bonchev–Trinajstić information content (AvgIpc) is 2.67. The first-order chi connectivity index (χ1) is 14.0. The molecule has 30 heavy (non-hydrogen) atoms. The number of sulfone groups is 1. The van der Waals surface area contributed by atoms with Crippen LogP contribution in [0.15, 0.2) is 94.0 Å². The Morgan fingerprint density at radius 1 is 1.07 bits per heavy atom. The van der Waals surface area contributed by atoms with Crippen LogP contribution in [0.5, 0.6) is 0 Å². The van der Waals surface area contributed by atoms with Gasteiger partial charge in [-0.3, -0.25) is 0 Å². The van der Waals surface area contributed by atoms with Crippen molar-refractivity contribution in [2.75, 3.05) is 0 Å². The predicted molar refractivity (Wildman–Crippen MR) is 129 cm³/mol. The van der Waals surface area contributed by atoms with Crippen LogP contribution in [0, 0.1) is 5.41 Å². The predicted octanol–water partition coefficient (Wildman–Crippen LogP) is 7.38. The van der Waals surface area contributed by atoms with Gasteiger partial charge in [0, 0.05) is 0 Å². The Balaban J connectivity index is 2.07. The van der Waals surface area contributed by atoms with Gasteiger partial charge < -0.3 is 0 Å². The first-order valence-corrected chi connectivity index (χ1v) is 12.3. The molecule has 0 aliphatic heterocycles. The zero-order chi connectivity index (χ0) is 22.4. The number of rotatable bonds is 7. The summed E-state index contributed by atoms with van der Waals surface area (Å²) in [6, 6.07) is 8.62. The molecule has 0 radical (unpaired) electrons. The Morgan fingerprint density at radius 3 is 2.37 bits per heavy atom. The monoisotopic (exact) mass is 424 g/mol. The van der Waals surface area contributed by atoms with Crippen LogP contribution in [0.3, 0.4) is 0 Å². The van der Waals surface area contributed by atoms with Crippen LogP contribution < -0.4 is 0 Å². The molecule has 1 aliphatic carbocycles. The van der Waals surface area contributed by atoms with Crippen molar-refractivity contribution in [2.45, 2.75) is 71.0 Å². The maximum absolute atomic E-state index is 12.7. The topological polar surface area (TPSA) is 34.1 Å². The number of benzene rings is 1. The van der Waals surface area contributed by atoms with Gasteiger partial charge in [0.1, 0.15) is 0 Å². The molecule has 1 aromatic rings. The highest BCUT2D eigenvalue weighted by Gasteiger charge is 2.26. The van der Waals surface area contributed by atoms with Gasteiger partial charge in [0.15, 0.2) is 9.84 Å². The Labute approximate surface area is 183 Å². The summed E-state index contributed by atoms with van der Waals surface area (Å²) in [7, 11) is -3.35. The molecule has 1 unspecified atom stereocenters. The lowest BCUT2D eigenvalue weighted by molar-refractivity contribution is 0.377. The lowest BCUT2D eigenvalue weighted by Gasteiger charge is -2.32. The molecule has 0 heterocycles. The molecule has 2 rings (SSSR count). The second-order valence-corrected chi connectivity index (χ2v) is 11.3. The minimum Gasteiger partial charge on any atom is -0.223 e. The van der Waals surface area contributed by atoms with E-state index in [-0.39, 0.29) is 5.41 Å². The van der Waals surface area contributed by atoms with Crippen LogP contribution in [0.1, 0.15) is 60.8 Å². The SMILES string of the molecule is CC(C=CC1=C(C)CCCC1(C)C)=CC=CC(C)=CC(C)S(=O)(=O)c1ccccc1. The molecule has 1 aliphatic rings. The van der Waals surface area contributed by atoms with E-state index in [4.69, 9.17) is 0 Å². The average molecular weight is 425 g/mol. The molecule has 1 atom stereocenters. The molecule has 0 saturated heterocycles. The van der Waals surface area contributed by atoms with E-state index in [1.807, 2.05) is 25.1 Å². The summed E-state index contributed by atoms with van der Waals surface area (Å²) in [4.78, 5) is 0.363. The van der Waals surface area contributed by atoms with E-state index in [1.165, 1.54) is 36.0 Å². The van der Waals surface area contributed by atoms with Crippen molar-refractivity contribution >= 4 is 9.84 Å². The molecule has 0 fully saturated rings. The third-order valence-corrected chi connectivity index (χ3v) is 7.88. The quantitative estimate of drug-likeness (QED) is 0.428. The van der Waals surface area contributed by atoms with Crippen LogP contribution in [0.2, 0.25) is 0 Å². The van der Waals surface area contributed by atoms with Gasteiger partial charge in [-0.2, -0.15) is 0 Å². The molecule has 2 nitrogen and oxygen atoms in total. The van der Waals surface area contributed by atoms with Crippen molar-refractivity contribution in [2.24, 2.45) is 5.41 Å². The first kappa shape index (κ1) is 24.1. The zero-order valence-corrected chi connectivity index (χ0v) is 20.1. The van der Waals surface area contributed by atoms with Gasteiger partial charge in [-0.05, 0) is 70.1 Å². The third-order valence-electron chi connectivity index (χ3n) is 5.83. The summed E-state index contributed by atoms with van der Waals surface area (Å²) in [6.07, 6.45) is 16.0. The molecule has 1 aromatic carbocycles. The van der Waals surface area contributed by atoms with Crippen molar-refractivity contribution in [1.29, 1.82) is 0 Å². The second kappa shape index (κ2) is 10.3. The molecular weight excluding hydrogens is 388 g/mol. The zero-order valence-electron chi connectivity index (χ0n) is 19.3. The van der Waals surface area contributed by atoms with Gasteiger partial charge in [0.25, 0.3) is 0 Å². The Morgan fingerprint density at radius 2 is 1.73 bits per heavy atom. The lowest BCUT2D eigenvalue weighted by atomic mass is 9.72. The summed E-state index contributed by atoms with van der Waals surface area (Å²) in [5.41, 5.74) is 5.31. The fraction of sp³-hybridized carbons (Fsp3) is 0.407. The van der Waals surface area contributed by atoms with Crippen LogP contribution >= 0.6 is 0 Å². The van der Waals surface area contributed by atoms with E-state index in [0.29, 0.717) is 4.90 Å². The van der Waals surface area contributed by atoms with Crippen molar-refractivity contribution < 1.29 is 8.42 Å². The van der Waals surface area contributed by atoms with Gasteiger partial charge in [0.2, 0.25) is 0 Å². The van der Waals surface area contributed by atoms with Gasteiger partial charge in [-0.1, -0.05) is 85.2 Å². The van der Waals surface area contributed by atoms with E-state index in [1.54, 1.807) is 37.3 Å². The summed E-state index contributed by atoms with van der Waals surface area (Å²) >= 11 is 0. The maximum atomic E-state index is 12.7. The maximum Gasteiger partial charge on any atom is 0.184 e. The Hall–Kier alpha value is -2.13. The largest absolute Gasteiger partial charge is 0.223 e. The smallest absolute Gasteiger partial charge is 0.184 e. The summed E-state index contributed by atoms with van der Waals surface area (Å²) < 4.78 is 25.3. The van der Waals surface area contributed by atoms with E-state index >= 15 is 0 Å². The molecule has 162 valence electrons. The number of hydrogen-bond acceptors (Lipinski definition) is 2. The number of hydrogen-bond donors (Lipinski definition) is 0. The van der Waals surface area contributed by atoms with Crippen LogP contribution in [-0.2, 0) is 9.84 Å². The highest BCUT2D eigenvalue weighted by atomic mass is 32.2. The summed E-state index contributed by atoms with van der Waals surface area (Å²) in [6.45, 7) is 12.7. The van der Waals surface area contributed by atoms with Crippen molar-refractivity contribution in [1.82, 2.24) is 0 Å². The summed E-state index contributed by atoms with van der Waals surface area (Å²) in [5.74, 6) is 0. The van der Waals surface area contributed by atoms with Crippen LogP contribution in [0.25, 0.3) is 0 Å². The van der Waals surface area contributed by atoms with Gasteiger partial charge >= 0.3 is 0 Å². The fourth-order valence-corrected chi connectivity index (χ4v) is 5.33. The minimum atomic E-state index is -3.35. The highest BCUT2D eigenvalue weighted by molar-refractivity contribution is 7.92. The van der Waals surface area contributed by atoms with Gasteiger partial charge in [-0.25, -0.2) is 8.42 Å². The van der Waals surface area contributed by atoms with Crippen molar-refractivity contribution in [3.63, 3.8) is 0 Å². The second-order valence-electron chi connectivity index (χ2n) is 9.01. The van der Waals surface area contributed by atoms with Gasteiger partial charge in [-0.15, -0.1) is 0 Å². The summed E-state index contributed by atoms with van der Waals surface area (Å²) in [5, 5.41) is -0.571. The van der Waals surface area contributed by atoms with E-state index in [2.05, 4.69) is 45.9 Å². The van der Waals surface area contributed by atoms with E-state index < -0.39 is 15.1 Å². The molecule has 0 spiro atoms. The van der Waals surface area contributed by atoms with Crippen molar-refractivity contribution in [3.8, 4) is 0 Å². The molecule has 0 bridgehead atoms. The molecule has 0 amide bonds. The molecule has 0 N–H and O–H groups in total. The Bertz CT molecular complexity index is 985. The van der Waals surface area contributed by atoms with E-state index in [9.17, 15) is 8.42 Å². The lowest BCUT2D eigenvalue weighted by Crippen LogP contribution is -2.19. The van der Waals surface area contributed by atoms with E-state index in [0.717, 1.165) is 5.57 Å².